The van der Waals surface area contributed by atoms with Crippen molar-refractivity contribution in [3.63, 3.8) is 0 Å². The molecule has 1 saturated carbocycles. The van der Waals surface area contributed by atoms with E-state index in [2.05, 4.69) is 48.5 Å². The van der Waals surface area contributed by atoms with Crippen LogP contribution in [0.4, 0.5) is 5.69 Å². The van der Waals surface area contributed by atoms with Crippen LogP contribution in [0.15, 0.2) is 42.1 Å². The van der Waals surface area contributed by atoms with Crippen LogP contribution < -0.4 is 4.90 Å². The van der Waals surface area contributed by atoms with Crippen LogP contribution in [-0.4, -0.2) is 7.05 Å². The molecular formula is C13H17N. The summed E-state index contributed by atoms with van der Waals surface area (Å²) in [5.74, 6) is 0. The van der Waals surface area contributed by atoms with Crippen molar-refractivity contribution in [1.29, 1.82) is 0 Å². The summed E-state index contributed by atoms with van der Waals surface area (Å²) in [6, 6.07) is 10.5. The average molecular weight is 187 g/mol. The molecule has 1 aliphatic rings. The van der Waals surface area contributed by atoms with Crippen LogP contribution >= 0.6 is 0 Å². The molecule has 2 rings (SSSR count). The Bertz CT molecular complexity index is 305. The molecule has 0 N–H and O–H groups in total. The second kappa shape index (κ2) is 4.32. The van der Waals surface area contributed by atoms with Crippen molar-refractivity contribution in [1.82, 2.24) is 0 Å². The van der Waals surface area contributed by atoms with Gasteiger partial charge in [-0.15, -0.1) is 0 Å². The molecule has 1 aromatic carbocycles. The maximum absolute atomic E-state index is 2.29. The van der Waals surface area contributed by atoms with E-state index in [-0.39, 0.29) is 0 Å². The minimum atomic E-state index is 1.27. The first kappa shape index (κ1) is 9.32. The number of rotatable bonds is 2. The van der Waals surface area contributed by atoms with Gasteiger partial charge in [-0.1, -0.05) is 23.8 Å². The zero-order valence-corrected chi connectivity index (χ0v) is 8.74. The lowest BCUT2D eigenvalue weighted by Gasteiger charge is -2.15. The lowest BCUT2D eigenvalue weighted by Crippen LogP contribution is -2.08. The molecule has 0 heterocycles. The highest BCUT2D eigenvalue weighted by Crippen LogP contribution is 2.25. The van der Waals surface area contributed by atoms with Gasteiger partial charge >= 0.3 is 0 Å². The molecule has 1 heteroatoms. The van der Waals surface area contributed by atoms with Crippen LogP contribution in [0.2, 0.25) is 0 Å². The summed E-state index contributed by atoms with van der Waals surface area (Å²) in [5.41, 5.74) is 2.86. The van der Waals surface area contributed by atoms with Crippen molar-refractivity contribution in [2.24, 2.45) is 0 Å². The number of hydrogen-bond donors (Lipinski definition) is 0. The fraction of sp³-hybridized carbons (Fsp3) is 0.385. The van der Waals surface area contributed by atoms with Crippen molar-refractivity contribution in [2.75, 3.05) is 11.9 Å². The number of allylic oxidation sites excluding steroid dienone is 1. The summed E-state index contributed by atoms with van der Waals surface area (Å²) in [6.07, 6.45) is 7.61. The Labute approximate surface area is 86.1 Å². The Morgan fingerprint density at radius 3 is 2.36 bits per heavy atom. The molecule has 0 aromatic heterocycles. The lowest BCUT2D eigenvalue weighted by atomic mass is 10.2. The highest BCUT2D eigenvalue weighted by Gasteiger charge is 2.07. The van der Waals surface area contributed by atoms with E-state index in [9.17, 15) is 0 Å². The number of nitrogens with zero attached hydrogens (tertiary/aromatic N) is 1. The molecule has 0 aliphatic heterocycles. The smallest absolute Gasteiger partial charge is 0.0403 e. The van der Waals surface area contributed by atoms with Gasteiger partial charge in [-0.3, -0.25) is 0 Å². The van der Waals surface area contributed by atoms with Gasteiger partial charge in [0.2, 0.25) is 0 Å². The number of hydrogen-bond acceptors (Lipinski definition) is 1. The third kappa shape index (κ3) is 2.16. The third-order valence-electron chi connectivity index (χ3n) is 2.79. The van der Waals surface area contributed by atoms with Crippen molar-refractivity contribution in [3.05, 3.63) is 42.1 Å². The van der Waals surface area contributed by atoms with Crippen LogP contribution in [0.3, 0.4) is 0 Å². The van der Waals surface area contributed by atoms with Crippen LogP contribution in [0.25, 0.3) is 0 Å². The van der Waals surface area contributed by atoms with Gasteiger partial charge in [0.25, 0.3) is 0 Å². The van der Waals surface area contributed by atoms with E-state index < -0.39 is 0 Å². The third-order valence-corrected chi connectivity index (χ3v) is 2.79. The highest BCUT2D eigenvalue weighted by atomic mass is 15.1. The van der Waals surface area contributed by atoms with Crippen molar-refractivity contribution in [2.45, 2.75) is 25.7 Å². The Morgan fingerprint density at radius 1 is 1.07 bits per heavy atom. The summed E-state index contributed by atoms with van der Waals surface area (Å²) in [4.78, 5) is 2.22. The first-order chi connectivity index (χ1) is 6.86. The summed E-state index contributed by atoms with van der Waals surface area (Å²) < 4.78 is 0. The average Bonchev–Trinajstić information content (AvgIpc) is 2.72. The fourth-order valence-electron chi connectivity index (χ4n) is 1.97. The van der Waals surface area contributed by atoms with Crippen molar-refractivity contribution in [3.8, 4) is 0 Å². The van der Waals surface area contributed by atoms with Crippen LogP contribution in [0.5, 0.6) is 0 Å². The number of para-hydroxylation sites is 1. The quantitative estimate of drug-likeness (QED) is 0.684. The summed E-state index contributed by atoms with van der Waals surface area (Å²) in [5, 5.41) is 0. The van der Waals surface area contributed by atoms with Gasteiger partial charge in [-0.25, -0.2) is 0 Å². The van der Waals surface area contributed by atoms with E-state index in [4.69, 9.17) is 0 Å². The van der Waals surface area contributed by atoms with Gasteiger partial charge in [-0.05, 0) is 37.8 Å². The fourth-order valence-corrected chi connectivity index (χ4v) is 1.97. The van der Waals surface area contributed by atoms with Gasteiger partial charge in [0.05, 0.1) is 0 Å². The minimum Gasteiger partial charge on any atom is -0.351 e. The molecule has 0 bridgehead atoms. The van der Waals surface area contributed by atoms with E-state index in [1.54, 1.807) is 5.57 Å². The highest BCUT2D eigenvalue weighted by molar-refractivity contribution is 5.48. The van der Waals surface area contributed by atoms with E-state index in [1.807, 2.05) is 0 Å². The second-order valence-corrected chi connectivity index (χ2v) is 3.94. The maximum atomic E-state index is 2.29. The topological polar surface area (TPSA) is 3.24 Å². The Balaban J connectivity index is 2.08. The molecule has 0 amide bonds. The Hall–Kier alpha value is -1.24. The number of anilines is 1. The molecule has 0 atom stereocenters. The summed E-state index contributed by atoms with van der Waals surface area (Å²) >= 11 is 0. The maximum Gasteiger partial charge on any atom is 0.0403 e. The first-order valence-corrected chi connectivity index (χ1v) is 5.34. The zero-order chi connectivity index (χ0) is 9.80. The standard InChI is InChI=1S/C13H17N/c1-14(11-12-7-5-6-8-12)13-9-3-2-4-10-13/h2-4,9-11H,5-8H2,1H3. The molecule has 1 aliphatic carbocycles. The predicted molar refractivity (Wildman–Crippen MR) is 61.4 cm³/mol. The zero-order valence-electron chi connectivity index (χ0n) is 8.74. The molecule has 1 aromatic rings. The lowest BCUT2D eigenvalue weighted by molar-refractivity contribution is 0.886. The van der Waals surface area contributed by atoms with Gasteiger partial charge < -0.3 is 4.90 Å². The molecule has 1 nitrogen and oxygen atoms in total. The molecule has 0 radical (unpaired) electrons. The van der Waals surface area contributed by atoms with Crippen LogP contribution in [0.1, 0.15) is 25.7 Å². The van der Waals surface area contributed by atoms with Gasteiger partial charge in [0.1, 0.15) is 0 Å². The SMILES string of the molecule is CN(C=C1CCCC1)c1ccccc1. The molecular weight excluding hydrogens is 170 g/mol. The van der Waals surface area contributed by atoms with Gasteiger partial charge in [0, 0.05) is 18.9 Å². The predicted octanol–water partition coefficient (Wildman–Crippen LogP) is 3.58. The molecule has 0 spiro atoms. The van der Waals surface area contributed by atoms with Gasteiger partial charge in [-0.2, -0.15) is 0 Å². The normalized spacial score (nSPS) is 15.6. The van der Waals surface area contributed by atoms with E-state index in [0.717, 1.165) is 0 Å². The monoisotopic (exact) mass is 187 g/mol. The Kier molecular flexibility index (Phi) is 2.87. The molecule has 74 valence electrons. The van der Waals surface area contributed by atoms with Gasteiger partial charge in [0.15, 0.2) is 0 Å². The van der Waals surface area contributed by atoms with E-state index >= 15 is 0 Å². The van der Waals surface area contributed by atoms with Crippen molar-refractivity contribution >= 4 is 5.69 Å². The second-order valence-electron chi connectivity index (χ2n) is 3.94. The number of benzene rings is 1. The molecule has 0 saturated heterocycles. The first-order valence-electron chi connectivity index (χ1n) is 5.34. The van der Waals surface area contributed by atoms with Crippen LogP contribution in [-0.2, 0) is 0 Å². The van der Waals surface area contributed by atoms with E-state index in [1.165, 1.54) is 31.4 Å². The van der Waals surface area contributed by atoms with Crippen LogP contribution in [0, 0.1) is 0 Å². The summed E-state index contributed by atoms with van der Waals surface area (Å²) in [6.45, 7) is 0. The molecule has 1 fully saturated rings. The Morgan fingerprint density at radius 2 is 1.71 bits per heavy atom. The summed E-state index contributed by atoms with van der Waals surface area (Å²) in [7, 11) is 2.13. The largest absolute Gasteiger partial charge is 0.351 e. The molecule has 0 unspecified atom stereocenters. The molecule has 14 heavy (non-hydrogen) atoms. The van der Waals surface area contributed by atoms with Crippen molar-refractivity contribution < 1.29 is 0 Å². The van der Waals surface area contributed by atoms with E-state index in [0.29, 0.717) is 0 Å². The minimum absolute atomic E-state index is 1.27.